The standard InChI is InChI=1S/C42H46BrF4N3O6S/c1-9-55-31-19-26(40(52)56-42(6,7)8)12-13-30(31)50(21-24-16-27(25-10-11-25)18-28(17-24)41(3,4)5)32(51)22-57(53,54)49-39-37(46)35(44)33(36(45)38(39)47)34(43)29-20-48-15-14-23(29)2/h12-20,25,34,49H,9-11,21-22H2,1-8H3. The van der Waals surface area contributed by atoms with Gasteiger partial charge >= 0.3 is 5.97 Å². The molecule has 1 aromatic heterocycles. The zero-order chi connectivity index (χ0) is 42.2. The van der Waals surface area contributed by atoms with E-state index in [1.807, 2.05) is 32.9 Å². The topological polar surface area (TPSA) is 115 Å². The molecule has 15 heteroatoms. The molecule has 3 aromatic carbocycles. The number of sulfonamides is 1. The second-order valence-electron chi connectivity index (χ2n) is 16.1. The number of halogens is 5. The smallest absolute Gasteiger partial charge is 0.338 e. The van der Waals surface area contributed by atoms with Gasteiger partial charge in [0.25, 0.3) is 0 Å². The number of carbonyl (C=O) groups is 2. The number of benzene rings is 3. The fourth-order valence-electron chi connectivity index (χ4n) is 6.15. The van der Waals surface area contributed by atoms with E-state index >= 15 is 17.6 Å². The van der Waals surface area contributed by atoms with E-state index in [-0.39, 0.29) is 41.1 Å². The largest absolute Gasteiger partial charge is 0.492 e. The van der Waals surface area contributed by atoms with Crippen LogP contribution in [0.4, 0.5) is 28.9 Å². The van der Waals surface area contributed by atoms with Crippen LogP contribution in [0.3, 0.4) is 0 Å². The molecule has 1 fully saturated rings. The third-order valence-electron chi connectivity index (χ3n) is 9.23. The number of aromatic nitrogens is 1. The van der Waals surface area contributed by atoms with Gasteiger partial charge in [-0.3, -0.25) is 14.5 Å². The maximum atomic E-state index is 15.5. The number of rotatable bonds is 13. The van der Waals surface area contributed by atoms with Crippen molar-refractivity contribution in [2.45, 2.75) is 96.5 Å². The van der Waals surface area contributed by atoms with Crippen molar-refractivity contribution in [1.29, 1.82) is 0 Å². The van der Waals surface area contributed by atoms with Gasteiger partial charge in [0.15, 0.2) is 23.3 Å². The molecule has 57 heavy (non-hydrogen) atoms. The number of esters is 1. The number of alkyl halides is 1. The minimum Gasteiger partial charge on any atom is -0.492 e. The fourth-order valence-corrected chi connectivity index (χ4v) is 8.07. The molecule has 0 aliphatic heterocycles. The Balaban J connectivity index is 1.55. The fraction of sp³-hybridized carbons (Fsp3) is 0.405. The molecule has 1 N–H and O–H groups in total. The Morgan fingerprint density at radius 1 is 0.965 bits per heavy atom. The van der Waals surface area contributed by atoms with E-state index in [9.17, 15) is 18.0 Å². The molecule has 0 bridgehead atoms. The molecule has 1 saturated carbocycles. The molecule has 1 aliphatic carbocycles. The van der Waals surface area contributed by atoms with Gasteiger partial charge in [0.2, 0.25) is 15.9 Å². The number of aryl methyl sites for hydroxylation is 1. The molecule has 1 atom stereocenters. The lowest BCUT2D eigenvalue weighted by atomic mass is 9.84. The molecule has 306 valence electrons. The summed E-state index contributed by atoms with van der Waals surface area (Å²) in [7, 11) is -5.05. The highest BCUT2D eigenvalue weighted by atomic mass is 79.9. The SMILES string of the molecule is CCOc1cc(C(=O)OC(C)(C)C)ccc1N(Cc1cc(C2CC2)cc(C(C)(C)C)c1)C(=O)CS(=O)(=O)Nc1c(F)c(F)c(C(Br)c2cnccc2C)c(F)c1F. The summed E-state index contributed by atoms with van der Waals surface area (Å²) < 4.78 is 102. The third kappa shape index (κ3) is 10.3. The zero-order valence-electron chi connectivity index (χ0n) is 33.0. The molecule has 0 radical (unpaired) electrons. The van der Waals surface area contributed by atoms with E-state index in [0.717, 1.165) is 28.9 Å². The number of amides is 1. The summed E-state index contributed by atoms with van der Waals surface area (Å²) in [4.78, 5) is 30.9. The average Bonchev–Trinajstić information content (AvgIpc) is 3.97. The number of nitrogens with one attached hydrogen (secondary N) is 1. The summed E-state index contributed by atoms with van der Waals surface area (Å²) in [6.07, 6.45) is 4.69. The Kier molecular flexibility index (Phi) is 12.8. The number of carbonyl (C=O) groups excluding carboxylic acids is 2. The van der Waals surface area contributed by atoms with E-state index in [0.29, 0.717) is 17.0 Å². The van der Waals surface area contributed by atoms with Crippen LogP contribution in [0.2, 0.25) is 0 Å². The van der Waals surface area contributed by atoms with Gasteiger partial charge < -0.3 is 14.4 Å². The predicted molar refractivity (Wildman–Crippen MR) is 215 cm³/mol. The molecule has 1 aliphatic rings. The second kappa shape index (κ2) is 16.8. The van der Waals surface area contributed by atoms with Crippen LogP contribution in [0.1, 0.15) is 116 Å². The molecule has 1 amide bonds. The Morgan fingerprint density at radius 2 is 1.61 bits per heavy atom. The average molecular weight is 877 g/mol. The molecule has 1 heterocycles. The lowest BCUT2D eigenvalue weighted by Crippen LogP contribution is -2.38. The van der Waals surface area contributed by atoms with Crippen LogP contribution in [-0.4, -0.2) is 43.2 Å². The quantitative estimate of drug-likeness (QED) is 0.0616. The van der Waals surface area contributed by atoms with Crippen molar-refractivity contribution in [2.24, 2.45) is 0 Å². The third-order valence-corrected chi connectivity index (χ3v) is 11.3. The van der Waals surface area contributed by atoms with Gasteiger partial charge in [-0.1, -0.05) is 54.9 Å². The van der Waals surface area contributed by atoms with Crippen molar-refractivity contribution in [2.75, 3.05) is 22.0 Å². The van der Waals surface area contributed by atoms with Gasteiger partial charge in [-0.15, -0.1) is 0 Å². The van der Waals surface area contributed by atoms with E-state index < -0.39 is 72.6 Å². The van der Waals surface area contributed by atoms with Gasteiger partial charge in [0.1, 0.15) is 22.8 Å². The van der Waals surface area contributed by atoms with Crippen LogP contribution in [0.25, 0.3) is 0 Å². The number of hydrogen-bond acceptors (Lipinski definition) is 7. The molecular formula is C42H46BrF4N3O6S. The highest BCUT2D eigenvalue weighted by Crippen LogP contribution is 2.43. The minimum atomic E-state index is -5.05. The summed E-state index contributed by atoms with van der Waals surface area (Å²) in [5, 5.41) is 0. The van der Waals surface area contributed by atoms with E-state index in [4.69, 9.17) is 9.47 Å². The van der Waals surface area contributed by atoms with Gasteiger partial charge in [0, 0.05) is 18.0 Å². The summed E-state index contributed by atoms with van der Waals surface area (Å²) in [5.41, 5.74) is -0.132. The van der Waals surface area contributed by atoms with E-state index in [2.05, 4.69) is 27.0 Å². The first-order valence-electron chi connectivity index (χ1n) is 18.4. The summed E-state index contributed by atoms with van der Waals surface area (Å²) in [6.45, 7) is 14.5. The van der Waals surface area contributed by atoms with Crippen molar-refractivity contribution in [3.8, 4) is 5.75 Å². The van der Waals surface area contributed by atoms with Crippen LogP contribution in [0.15, 0.2) is 54.9 Å². The van der Waals surface area contributed by atoms with Crippen LogP contribution < -0.4 is 14.4 Å². The number of nitrogens with zero attached hydrogens (tertiary/aromatic N) is 2. The normalized spacial score (nSPS) is 13.9. The molecule has 0 spiro atoms. The molecular weight excluding hydrogens is 830 g/mol. The first-order valence-corrected chi connectivity index (χ1v) is 20.9. The number of anilines is 2. The Bertz CT molecular complexity index is 2280. The van der Waals surface area contributed by atoms with Gasteiger partial charge in [0.05, 0.1) is 29.2 Å². The van der Waals surface area contributed by atoms with Gasteiger partial charge in [-0.05, 0) is 111 Å². The first kappa shape index (κ1) is 43.6. The molecule has 0 saturated heterocycles. The molecule has 9 nitrogen and oxygen atoms in total. The zero-order valence-corrected chi connectivity index (χ0v) is 35.4. The highest BCUT2D eigenvalue weighted by molar-refractivity contribution is 9.09. The second-order valence-corrected chi connectivity index (χ2v) is 18.7. The molecule has 4 aromatic rings. The lowest BCUT2D eigenvalue weighted by Gasteiger charge is -2.28. The Labute approximate surface area is 339 Å². The van der Waals surface area contributed by atoms with Gasteiger partial charge in [-0.2, -0.15) is 0 Å². The van der Waals surface area contributed by atoms with Crippen LogP contribution in [-0.2, 0) is 31.5 Å². The van der Waals surface area contributed by atoms with E-state index in [1.165, 1.54) is 36.7 Å². The Morgan fingerprint density at radius 3 is 2.18 bits per heavy atom. The van der Waals surface area contributed by atoms with Crippen molar-refractivity contribution in [3.63, 3.8) is 0 Å². The molecule has 5 rings (SSSR count). The minimum absolute atomic E-state index is 0.0546. The maximum Gasteiger partial charge on any atom is 0.338 e. The summed E-state index contributed by atoms with van der Waals surface area (Å²) in [6, 6.07) is 11.7. The summed E-state index contributed by atoms with van der Waals surface area (Å²) >= 11 is 3.09. The van der Waals surface area contributed by atoms with Crippen LogP contribution in [0, 0.1) is 30.2 Å². The number of ether oxygens (including phenoxy) is 2. The monoisotopic (exact) mass is 875 g/mol. The highest BCUT2D eigenvalue weighted by Gasteiger charge is 2.34. The lowest BCUT2D eigenvalue weighted by molar-refractivity contribution is -0.116. The van der Waals surface area contributed by atoms with Crippen molar-refractivity contribution in [3.05, 3.63) is 117 Å². The summed E-state index contributed by atoms with van der Waals surface area (Å²) in [5.74, 6) is -10.5. The predicted octanol–water partition coefficient (Wildman–Crippen LogP) is 9.93. The van der Waals surface area contributed by atoms with Crippen molar-refractivity contribution >= 4 is 49.2 Å². The molecule has 1 unspecified atom stereocenters. The number of pyridine rings is 1. The van der Waals surface area contributed by atoms with Crippen molar-refractivity contribution < 1.29 is 45.0 Å². The van der Waals surface area contributed by atoms with E-state index in [1.54, 1.807) is 39.3 Å². The Hall–Kier alpha value is -4.50. The van der Waals surface area contributed by atoms with Crippen LogP contribution >= 0.6 is 15.9 Å². The van der Waals surface area contributed by atoms with Gasteiger partial charge in [-0.25, -0.2) is 30.8 Å². The first-order chi connectivity index (χ1) is 26.5. The maximum absolute atomic E-state index is 15.5. The van der Waals surface area contributed by atoms with Crippen molar-refractivity contribution in [1.82, 2.24) is 4.98 Å². The number of hydrogen-bond donors (Lipinski definition) is 1. The van der Waals surface area contributed by atoms with Crippen LogP contribution in [0.5, 0.6) is 5.75 Å².